The number of hydrogen-bond donors (Lipinski definition) is 1. The predicted molar refractivity (Wildman–Crippen MR) is 154 cm³/mol. The van der Waals surface area contributed by atoms with Gasteiger partial charge in [0.2, 0.25) is 0 Å². The lowest BCUT2D eigenvalue weighted by molar-refractivity contribution is 0.112. The summed E-state index contributed by atoms with van der Waals surface area (Å²) in [4.78, 5) is 11.3. The van der Waals surface area contributed by atoms with Gasteiger partial charge in [0.1, 0.15) is 6.29 Å². The highest BCUT2D eigenvalue weighted by molar-refractivity contribution is 6.26. The van der Waals surface area contributed by atoms with Gasteiger partial charge in [-0.3, -0.25) is 4.79 Å². The van der Waals surface area contributed by atoms with Crippen LogP contribution < -0.4 is 5.73 Å². The smallest absolute Gasteiger partial charge is 0.150 e. The van der Waals surface area contributed by atoms with E-state index in [1.54, 1.807) is 6.08 Å². The Morgan fingerprint density at radius 2 is 1.42 bits per heavy atom. The van der Waals surface area contributed by atoms with Crippen molar-refractivity contribution in [3.8, 4) is 5.69 Å². The molecule has 176 valence electrons. The van der Waals surface area contributed by atoms with Gasteiger partial charge >= 0.3 is 0 Å². The number of nitrogens with two attached hydrogens (primary N) is 1. The minimum Gasteiger partial charge on any atom is -0.333 e. The zero-order valence-electron chi connectivity index (χ0n) is 20.2. The Labute approximate surface area is 209 Å². The molecule has 2 N–H and O–H groups in total. The van der Waals surface area contributed by atoms with Crippen molar-refractivity contribution in [1.29, 1.82) is 0 Å². The van der Waals surface area contributed by atoms with E-state index in [0.717, 1.165) is 39.7 Å². The van der Waals surface area contributed by atoms with Crippen LogP contribution in [0, 0.1) is 0 Å². The van der Waals surface area contributed by atoms with E-state index in [1.165, 1.54) is 28.6 Å². The molecule has 0 unspecified atom stereocenters. The van der Waals surface area contributed by atoms with Gasteiger partial charge in [0.15, 0.2) is 0 Å². The summed E-state index contributed by atoms with van der Waals surface area (Å²) in [6.07, 6.45) is 6.52. The Kier molecular flexibility index (Phi) is 6.11. The zero-order valence-corrected chi connectivity index (χ0v) is 20.2. The van der Waals surface area contributed by atoms with Crippen molar-refractivity contribution in [3.63, 3.8) is 0 Å². The van der Waals surface area contributed by atoms with Gasteiger partial charge in [-0.25, -0.2) is 0 Å². The first-order chi connectivity index (χ1) is 17.8. The van der Waals surface area contributed by atoms with Gasteiger partial charge in [0.05, 0.1) is 22.1 Å². The molecule has 4 nitrogen and oxygen atoms in total. The van der Waals surface area contributed by atoms with Crippen LogP contribution in [0.5, 0.6) is 0 Å². The van der Waals surface area contributed by atoms with Crippen LogP contribution in [0.4, 0.5) is 0 Å². The Bertz CT molecular complexity index is 1800. The van der Waals surface area contributed by atoms with E-state index in [9.17, 15) is 4.79 Å². The van der Waals surface area contributed by atoms with Crippen LogP contribution in [0.3, 0.4) is 0 Å². The number of benzene rings is 4. The van der Waals surface area contributed by atoms with Gasteiger partial charge in [0.25, 0.3) is 0 Å². The second-order valence-corrected chi connectivity index (χ2v) is 8.30. The summed E-state index contributed by atoms with van der Waals surface area (Å²) in [5, 5.41) is 4.74. The summed E-state index contributed by atoms with van der Waals surface area (Å²) < 4.78 is 4.56. The Morgan fingerprint density at radius 1 is 0.750 bits per heavy atom. The van der Waals surface area contributed by atoms with Crippen molar-refractivity contribution in [2.75, 3.05) is 7.05 Å². The average molecular weight is 470 g/mol. The highest BCUT2D eigenvalue weighted by Crippen LogP contribution is 2.41. The molecule has 0 bridgehead atoms. The third kappa shape index (κ3) is 3.39. The molecule has 0 spiro atoms. The Hall–Kier alpha value is -4.67. The second-order valence-electron chi connectivity index (χ2n) is 8.30. The predicted octanol–water partition coefficient (Wildman–Crippen LogP) is 7.49. The summed E-state index contributed by atoms with van der Waals surface area (Å²) in [5.41, 5.74) is 11.7. The number of aldehydes is 1. The molecule has 0 amide bonds. The van der Waals surface area contributed by atoms with Crippen LogP contribution in [0.25, 0.3) is 55.0 Å². The number of fused-ring (bicyclic) bond motifs is 7. The van der Waals surface area contributed by atoms with Gasteiger partial charge in [-0.2, -0.15) is 0 Å². The summed E-state index contributed by atoms with van der Waals surface area (Å²) in [6.45, 7) is 7.96. The zero-order chi connectivity index (χ0) is 25.2. The van der Waals surface area contributed by atoms with E-state index >= 15 is 0 Å². The van der Waals surface area contributed by atoms with Crippen molar-refractivity contribution in [1.82, 2.24) is 9.13 Å². The minimum atomic E-state index is 0.663. The number of rotatable bonds is 5. The van der Waals surface area contributed by atoms with Crippen molar-refractivity contribution in [2.45, 2.75) is 0 Å². The summed E-state index contributed by atoms with van der Waals surface area (Å²) in [5.74, 6) is 0. The van der Waals surface area contributed by atoms with Crippen LogP contribution in [0.15, 0.2) is 116 Å². The number of carbonyl (C=O) groups is 1. The van der Waals surface area contributed by atoms with E-state index in [1.807, 2.05) is 36.4 Å². The lowest BCUT2D eigenvalue weighted by atomic mass is 10.1. The molecular formula is C32H27N3O. The average Bonchev–Trinajstić information content (AvgIpc) is 3.46. The normalized spacial score (nSPS) is 11.6. The fourth-order valence-electron chi connectivity index (χ4n) is 5.11. The van der Waals surface area contributed by atoms with E-state index in [-0.39, 0.29) is 0 Å². The first-order valence-corrected chi connectivity index (χ1v) is 11.8. The highest BCUT2D eigenvalue weighted by Gasteiger charge is 2.20. The van der Waals surface area contributed by atoms with Crippen LogP contribution in [-0.2, 0) is 0 Å². The maximum Gasteiger partial charge on any atom is 0.150 e. The molecule has 0 fully saturated rings. The molecule has 0 atom stereocenters. The van der Waals surface area contributed by atoms with E-state index < -0.39 is 0 Å². The lowest BCUT2D eigenvalue weighted by Crippen LogP contribution is -1.96. The maximum atomic E-state index is 11.3. The fourth-order valence-corrected chi connectivity index (χ4v) is 5.11. The third-order valence-electron chi connectivity index (χ3n) is 6.51. The molecular weight excluding hydrogens is 442 g/mol. The SMILES string of the molecule is C=C/C=C(\C=C)n1c2ccccc2c2c1ccc1c3ccccc3n(-c3ccc(C=O)cc3)c12.CN. The van der Waals surface area contributed by atoms with Gasteiger partial charge in [-0.05, 0) is 61.7 Å². The van der Waals surface area contributed by atoms with Gasteiger partial charge < -0.3 is 14.9 Å². The van der Waals surface area contributed by atoms with Crippen molar-refractivity contribution >= 4 is 55.6 Å². The number of nitrogens with zero attached hydrogens (tertiary/aromatic N) is 2. The molecule has 4 heteroatoms. The number of para-hydroxylation sites is 2. The molecule has 0 radical (unpaired) electrons. The molecule has 36 heavy (non-hydrogen) atoms. The molecule has 0 saturated carbocycles. The lowest BCUT2D eigenvalue weighted by Gasteiger charge is -2.10. The fraction of sp³-hybridized carbons (Fsp3) is 0.0312. The Balaban J connectivity index is 0.00000130. The topological polar surface area (TPSA) is 53.0 Å². The van der Waals surface area contributed by atoms with Crippen molar-refractivity contribution in [2.24, 2.45) is 5.73 Å². The van der Waals surface area contributed by atoms with Gasteiger partial charge in [0, 0.05) is 38.5 Å². The first kappa shape index (κ1) is 23.1. The molecule has 0 aliphatic carbocycles. The number of aromatic nitrogens is 2. The van der Waals surface area contributed by atoms with Crippen LogP contribution in [-0.4, -0.2) is 22.5 Å². The molecule has 0 aliphatic rings. The molecule has 0 aliphatic heterocycles. The minimum absolute atomic E-state index is 0.663. The van der Waals surface area contributed by atoms with Crippen LogP contribution in [0.2, 0.25) is 0 Å². The summed E-state index contributed by atoms with van der Waals surface area (Å²) >= 11 is 0. The second kappa shape index (κ2) is 9.53. The first-order valence-electron chi connectivity index (χ1n) is 11.8. The van der Waals surface area contributed by atoms with Crippen molar-refractivity contribution in [3.05, 3.63) is 122 Å². The molecule has 0 saturated heterocycles. The largest absolute Gasteiger partial charge is 0.333 e. The van der Waals surface area contributed by atoms with Crippen LogP contribution in [0.1, 0.15) is 10.4 Å². The highest BCUT2D eigenvalue weighted by atomic mass is 16.1. The quantitative estimate of drug-likeness (QED) is 0.210. The molecule has 6 rings (SSSR count). The Morgan fingerprint density at radius 3 is 2.08 bits per heavy atom. The third-order valence-corrected chi connectivity index (χ3v) is 6.51. The molecule has 2 aromatic heterocycles. The molecule has 4 aromatic carbocycles. The van der Waals surface area contributed by atoms with Crippen molar-refractivity contribution < 1.29 is 4.79 Å². The van der Waals surface area contributed by atoms with Crippen LogP contribution >= 0.6 is 0 Å². The number of allylic oxidation sites excluding steroid dienone is 4. The standard InChI is InChI=1S/C31H22N2O.CH5N/c1-3-9-22(4-2)32-28-13-8-6-11-26(28)30-29(32)19-18-25-24-10-5-7-12-27(24)33(31(25)30)23-16-14-21(20-34)15-17-23;1-2/h3-20H,1-2H2;2H2,1H3/b22-9+;. The monoisotopic (exact) mass is 469 g/mol. The molecule has 6 aromatic rings. The van der Waals surface area contributed by atoms with Gasteiger partial charge in [-0.1, -0.05) is 61.7 Å². The van der Waals surface area contributed by atoms with E-state index in [4.69, 9.17) is 0 Å². The van der Waals surface area contributed by atoms with E-state index in [0.29, 0.717) is 5.56 Å². The number of hydrogen-bond acceptors (Lipinski definition) is 2. The maximum absolute atomic E-state index is 11.3. The van der Waals surface area contributed by atoms with Gasteiger partial charge in [-0.15, -0.1) is 0 Å². The summed E-state index contributed by atoms with van der Waals surface area (Å²) in [6, 6.07) is 29.1. The molecule has 2 heterocycles. The number of carbonyl (C=O) groups excluding carboxylic acids is 1. The summed E-state index contributed by atoms with van der Waals surface area (Å²) in [7, 11) is 1.50. The van der Waals surface area contributed by atoms with E-state index in [2.05, 4.69) is 88.7 Å².